The highest BCUT2D eigenvalue weighted by atomic mass is 35.5. The van der Waals surface area contributed by atoms with Crippen LogP contribution >= 0.6 is 24.0 Å². The third-order valence-electron chi connectivity index (χ3n) is 3.76. The van der Waals surface area contributed by atoms with Gasteiger partial charge in [0.25, 0.3) is 5.91 Å². The molecule has 0 bridgehead atoms. The van der Waals surface area contributed by atoms with Crippen molar-refractivity contribution < 1.29 is 9.18 Å². The molecule has 20 heavy (non-hydrogen) atoms. The minimum atomic E-state index is -0.540. The molecule has 1 amide bonds. The van der Waals surface area contributed by atoms with Crippen molar-refractivity contribution >= 4 is 29.9 Å². The number of halogens is 3. The van der Waals surface area contributed by atoms with Crippen LogP contribution in [0, 0.1) is 11.2 Å². The number of hydrogen-bond donors (Lipinski definition) is 1. The van der Waals surface area contributed by atoms with E-state index in [9.17, 15) is 9.18 Å². The predicted molar refractivity (Wildman–Crippen MR) is 80.9 cm³/mol. The summed E-state index contributed by atoms with van der Waals surface area (Å²) in [5.41, 5.74) is 5.90. The Morgan fingerprint density at radius 2 is 2.15 bits per heavy atom. The Bertz CT molecular complexity index is 508. The lowest BCUT2D eigenvalue weighted by Crippen LogP contribution is -2.54. The number of rotatable bonds is 1. The number of hydrogen-bond acceptors (Lipinski definition) is 2. The molecular formula is C14H19Cl2FN2O. The molecule has 1 aliphatic heterocycles. The summed E-state index contributed by atoms with van der Waals surface area (Å²) in [5, 5.41) is 0.359. The summed E-state index contributed by atoms with van der Waals surface area (Å²) < 4.78 is 13.7. The van der Waals surface area contributed by atoms with Crippen LogP contribution in [0.25, 0.3) is 0 Å². The largest absolute Gasteiger partial charge is 0.338 e. The molecule has 6 heteroatoms. The first kappa shape index (κ1) is 17.2. The van der Waals surface area contributed by atoms with E-state index >= 15 is 0 Å². The minimum Gasteiger partial charge on any atom is -0.338 e. The zero-order valence-electron chi connectivity index (χ0n) is 11.5. The van der Waals surface area contributed by atoms with Crippen LogP contribution < -0.4 is 5.73 Å². The summed E-state index contributed by atoms with van der Waals surface area (Å²) in [7, 11) is 0. The van der Waals surface area contributed by atoms with Crippen molar-refractivity contribution in [2.24, 2.45) is 11.1 Å². The SMILES string of the molecule is CC1(C)CN(C(=O)c2cc(Cl)ccc2F)CCC1N.Cl. The van der Waals surface area contributed by atoms with Crippen molar-refractivity contribution in [2.45, 2.75) is 26.3 Å². The number of carbonyl (C=O) groups excluding carboxylic acids is 1. The van der Waals surface area contributed by atoms with Crippen LogP contribution in [0.3, 0.4) is 0 Å². The molecule has 1 atom stereocenters. The second-order valence-corrected chi connectivity index (χ2v) is 6.17. The van der Waals surface area contributed by atoms with E-state index in [4.69, 9.17) is 17.3 Å². The normalized spacial score (nSPS) is 21.2. The van der Waals surface area contributed by atoms with Gasteiger partial charge in [-0.1, -0.05) is 25.4 Å². The second-order valence-electron chi connectivity index (χ2n) is 5.73. The third kappa shape index (κ3) is 3.43. The van der Waals surface area contributed by atoms with Gasteiger partial charge in [0, 0.05) is 24.2 Å². The van der Waals surface area contributed by atoms with E-state index in [0.717, 1.165) is 6.42 Å². The van der Waals surface area contributed by atoms with Crippen molar-refractivity contribution in [3.63, 3.8) is 0 Å². The molecule has 1 aromatic carbocycles. The Labute approximate surface area is 129 Å². The number of nitrogens with zero attached hydrogens (tertiary/aromatic N) is 1. The highest BCUT2D eigenvalue weighted by Crippen LogP contribution is 2.29. The summed E-state index contributed by atoms with van der Waals surface area (Å²) >= 11 is 5.82. The molecule has 3 nitrogen and oxygen atoms in total. The van der Waals surface area contributed by atoms with Crippen LogP contribution in [0.2, 0.25) is 5.02 Å². The zero-order valence-corrected chi connectivity index (χ0v) is 13.1. The first-order valence-electron chi connectivity index (χ1n) is 6.31. The van der Waals surface area contributed by atoms with E-state index in [1.807, 2.05) is 13.8 Å². The monoisotopic (exact) mass is 320 g/mol. The molecule has 0 spiro atoms. The summed E-state index contributed by atoms with van der Waals surface area (Å²) in [6.07, 6.45) is 0.723. The van der Waals surface area contributed by atoms with Gasteiger partial charge in [-0.25, -0.2) is 4.39 Å². The Hall–Kier alpha value is -0.840. The molecular weight excluding hydrogens is 302 g/mol. The second kappa shape index (κ2) is 6.29. The molecule has 1 fully saturated rings. The molecule has 2 N–H and O–H groups in total. The summed E-state index contributed by atoms with van der Waals surface area (Å²) in [4.78, 5) is 14.0. The lowest BCUT2D eigenvalue weighted by molar-refractivity contribution is 0.0528. The van der Waals surface area contributed by atoms with Crippen molar-refractivity contribution in [3.8, 4) is 0 Å². The van der Waals surface area contributed by atoms with Gasteiger partial charge in [0.15, 0.2) is 0 Å². The van der Waals surface area contributed by atoms with E-state index in [0.29, 0.717) is 18.1 Å². The molecule has 1 saturated heterocycles. The van der Waals surface area contributed by atoms with Gasteiger partial charge in [-0.3, -0.25) is 4.79 Å². The van der Waals surface area contributed by atoms with E-state index in [1.54, 1.807) is 4.90 Å². The van der Waals surface area contributed by atoms with Gasteiger partial charge in [-0.2, -0.15) is 0 Å². The predicted octanol–water partition coefficient (Wildman–Crippen LogP) is 3.10. The van der Waals surface area contributed by atoms with Gasteiger partial charge in [0.2, 0.25) is 0 Å². The topological polar surface area (TPSA) is 46.3 Å². The molecule has 0 radical (unpaired) electrons. The molecule has 1 heterocycles. The van der Waals surface area contributed by atoms with Crippen LogP contribution in [-0.2, 0) is 0 Å². The molecule has 112 valence electrons. The first-order valence-corrected chi connectivity index (χ1v) is 6.69. The quantitative estimate of drug-likeness (QED) is 0.864. The van der Waals surface area contributed by atoms with E-state index in [1.165, 1.54) is 18.2 Å². The number of nitrogens with two attached hydrogens (primary N) is 1. The van der Waals surface area contributed by atoms with Crippen LogP contribution in [0.1, 0.15) is 30.6 Å². The Kier molecular flexibility index (Phi) is 5.41. The number of likely N-dealkylation sites (tertiary alicyclic amines) is 1. The maximum absolute atomic E-state index is 13.7. The maximum atomic E-state index is 13.7. The average molecular weight is 321 g/mol. The summed E-state index contributed by atoms with van der Waals surface area (Å²) in [5.74, 6) is -0.859. The number of piperidine rings is 1. The lowest BCUT2D eigenvalue weighted by atomic mass is 9.79. The fourth-order valence-corrected chi connectivity index (χ4v) is 2.55. The molecule has 1 aliphatic rings. The van der Waals surface area contributed by atoms with Gasteiger partial charge < -0.3 is 10.6 Å². The van der Waals surface area contributed by atoms with E-state index < -0.39 is 5.82 Å². The minimum absolute atomic E-state index is 0. The first-order chi connectivity index (χ1) is 8.81. The van der Waals surface area contributed by atoms with Crippen molar-refractivity contribution in [1.82, 2.24) is 4.90 Å². The van der Waals surface area contributed by atoms with Gasteiger partial charge in [-0.15, -0.1) is 12.4 Å². The summed E-state index contributed by atoms with van der Waals surface area (Å²) in [6.45, 7) is 5.12. The van der Waals surface area contributed by atoms with Gasteiger partial charge in [0.1, 0.15) is 5.82 Å². The molecule has 0 aliphatic carbocycles. The van der Waals surface area contributed by atoms with Crippen molar-refractivity contribution in [2.75, 3.05) is 13.1 Å². The molecule has 0 aromatic heterocycles. The Morgan fingerprint density at radius 3 is 2.75 bits per heavy atom. The van der Waals surface area contributed by atoms with Gasteiger partial charge in [-0.05, 0) is 30.0 Å². The highest BCUT2D eigenvalue weighted by Gasteiger charge is 2.36. The highest BCUT2D eigenvalue weighted by molar-refractivity contribution is 6.31. The number of amides is 1. The van der Waals surface area contributed by atoms with Crippen LogP contribution in [-0.4, -0.2) is 29.9 Å². The fraction of sp³-hybridized carbons (Fsp3) is 0.500. The smallest absolute Gasteiger partial charge is 0.256 e. The number of carbonyl (C=O) groups is 1. The summed E-state index contributed by atoms with van der Waals surface area (Å²) in [6, 6.07) is 4.08. The van der Waals surface area contributed by atoms with Crippen LogP contribution in [0.4, 0.5) is 4.39 Å². The van der Waals surface area contributed by atoms with Crippen molar-refractivity contribution in [1.29, 1.82) is 0 Å². The zero-order chi connectivity index (χ0) is 14.2. The Balaban J connectivity index is 0.00000200. The third-order valence-corrected chi connectivity index (χ3v) is 3.99. The van der Waals surface area contributed by atoms with E-state index in [-0.39, 0.29) is 35.3 Å². The van der Waals surface area contributed by atoms with Crippen LogP contribution in [0.5, 0.6) is 0 Å². The maximum Gasteiger partial charge on any atom is 0.256 e. The molecule has 1 unspecified atom stereocenters. The molecule has 0 saturated carbocycles. The molecule has 2 rings (SSSR count). The average Bonchev–Trinajstić information content (AvgIpc) is 2.35. The Morgan fingerprint density at radius 1 is 1.50 bits per heavy atom. The lowest BCUT2D eigenvalue weighted by Gasteiger charge is -2.42. The fourth-order valence-electron chi connectivity index (χ4n) is 2.38. The standard InChI is InChI=1S/C14H18ClFN2O.ClH/c1-14(2)8-18(6-5-12(14)17)13(19)10-7-9(15)3-4-11(10)16;/h3-4,7,12H,5-6,8,17H2,1-2H3;1H. The van der Waals surface area contributed by atoms with Crippen molar-refractivity contribution in [3.05, 3.63) is 34.6 Å². The van der Waals surface area contributed by atoms with Gasteiger partial charge in [0.05, 0.1) is 5.56 Å². The van der Waals surface area contributed by atoms with Crippen LogP contribution in [0.15, 0.2) is 18.2 Å². The number of benzene rings is 1. The van der Waals surface area contributed by atoms with E-state index in [2.05, 4.69) is 0 Å². The van der Waals surface area contributed by atoms with Gasteiger partial charge >= 0.3 is 0 Å². The molecule has 1 aromatic rings.